The van der Waals surface area contributed by atoms with Crippen LogP contribution in [-0.2, 0) is 24.4 Å². The number of amides is 1. The summed E-state index contributed by atoms with van der Waals surface area (Å²) >= 11 is 0. The normalized spacial score (nSPS) is 13.7. The summed E-state index contributed by atoms with van der Waals surface area (Å²) in [5.41, 5.74) is 4.57. The van der Waals surface area contributed by atoms with Gasteiger partial charge in [-0.2, -0.15) is 0 Å². The van der Waals surface area contributed by atoms with Crippen LogP contribution in [0.15, 0.2) is 47.5 Å². The summed E-state index contributed by atoms with van der Waals surface area (Å²) in [5, 5.41) is 6.73. The summed E-state index contributed by atoms with van der Waals surface area (Å²) in [6.45, 7) is 7.58. The number of nitrogens with zero attached hydrogens (tertiary/aromatic N) is 2. The van der Waals surface area contributed by atoms with E-state index in [-0.39, 0.29) is 29.9 Å². The number of methoxy groups -OCH3 is 1. The molecule has 2 N–H and O–H groups in total. The average Bonchev–Trinajstić information content (AvgIpc) is 3.16. The molecule has 1 fully saturated rings. The quantitative estimate of drug-likeness (QED) is 0.304. The fraction of sp³-hybridized carbons (Fsp3) is 0.417. The van der Waals surface area contributed by atoms with E-state index in [1.807, 2.05) is 30.0 Å². The SMILES string of the molecule is CCNC(=NCc1ccc(C)cc1OC)NCc1ccccc1CN1CCCC1=O.I. The number of aryl methyl sites for hydroxylation is 1. The number of ether oxygens (including phenoxy) is 1. The Hall–Kier alpha value is -2.29. The van der Waals surface area contributed by atoms with Crippen molar-refractivity contribution in [3.63, 3.8) is 0 Å². The van der Waals surface area contributed by atoms with Crippen LogP contribution in [0.4, 0.5) is 0 Å². The summed E-state index contributed by atoms with van der Waals surface area (Å²) in [6.07, 6.45) is 1.62. The molecule has 1 amide bonds. The lowest BCUT2D eigenvalue weighted by Crippen LogP contribution is -2.37. The van der Waals surface area contributed by atoms with Crippen molar-refractivity contribution in [2.45, 2.75) is 46.3 Å². The molecule has 2 aromatic rings. The molecule has 31 heavy (non-hydrogen) atoms. The second-order valence-corrected chi connectivity index (χ2v) is 7.55. The molecule has 168 valence electrons. The predicted octanol–water partition coefficient (Wildman–Crippen LogP) is 4.00. The molecule has 3 rings (SSSR count). The molecule has 0 radical (unpaired) electrons. The van der Waals surface area contributed by atoms with E-state index in [0.717, 1.165) is 42.3 Å². The fourth-order valence-electron chi connectivity index (χ4n) is 3.63. The Morgan fingerprint density at radius 1 is 1.13 bits per heavy atom. The molecule has 0 spiro atoms. The van der Waals surface area contributed by atoms with Crippen molar-refractivity contribution >= 4 is 35.8 Å². The van der Waals surface area contributed by atoms with Crippen molar-refractivity contribution in [1.29, 1.82) is 0 Å². The highest BCUT2D eigenvalue weighted by molar-refractivity contribution is 14.0. The van der Waals surface area contributed by atoms with Crippen molar-refractivity contribution in [2.24, 2.45) is 4.99 Å². The van der Waals surface area contributed by atoms with E-state index in [9.17, 15) is 4.79 Å². The van der Waals surface area contributed by atoms with Crippen molar-refractivity contribution in [1.82, 2.24) is 15.5 Å². The van der Waals surface area contributed by atoms with Crippen LogP contribution in [0, 0.1) is 6.92 Å². The zero-order valence-electron chi connectivity index (χ0n) is 18.6. The Balaban J connectivity index is 0.00000341. The topological polar surface area (TPSA) is 66.0 Å². The standard InChI is InChI=1S/C24H32N4O2.HI/c1-4-25-24(27-16-20-12-11-18(2)14-22(20)30-3)26-15-19-8-5-6-9-21(19)17-28-13-7-10-23(28)29;/h5-6,8-9,11-12,14H,4,7,10,13,15-17H2,1-3H3,(H2,25,26,27);1H. The highest BCUT2D eigenvalue weighted by atomic mass is 127. The van der Waals surface area contributed by atoms with Crippen LogP contribution in [0.25, 0.3) is 0 Å². The van der Waals surface area contributed by atoms with Gasteiger partial charge in [-0.1, -0.05) is 36.4 Å². The maximum atomic E-state index is 12.0. The summed E-state index contributed by atoms with van der Waals surface area (Å²) < 4.78 is 5.49. The van der Waals surface area contributed by atoms with E-state index in [2.05, 4.69) is 41.8 Å². The molecular formula is C24H33IN4O2. The minimum Gasteiger partial charge on any atom is -0.496 e. The first-order valence-corrected chi connectivity index (χ1v) is 10.6. The Morgan fingerprint density at radius 3 is 2.58 bits per heavy atom. The first-order chi connectivity index (χ1) is 14.6. The minimum absolute atomic E-state index is 0. The van der Waals surface area contributed by atoms with Crippen LogP contribution in [-0.4, -0.2) is 37.0 Å². The second-order valence-electron chi connectivity index (χ2n) is 7.55. The molecule has 6 nitrogen and oxygen atoms in total. The van der Waals surface area contributed by atoms with Crippen LogP contribution in [0.1, 0.15) is 42.0 Å². The molecule has 0 bridgehead atoms. The summed E-state index contributed by atoms with van der Waals surface area (Å²) in [4.78, 5) is 18.7. The van der Waals surface area contributed by atoms with Crippen LogP contribution in [0.2, 0.25) is 0 Å². The van der Waals surface area contributed by atoms with E-state index >= 15 is 0 Å². The van der Waals surface area contributed by atoms with Gasteiger partial charge in [-0.3, -0.25) is 4.79 Å². The number of aliphatic imine (C=N–C) groups is 1. The second kappa shape index (κ2) is 12.5. The highest BCUT2D eigenvalue weighted by Crippen LogP contribution is 2.21. The molecular weight excluding hydrogens is 503 g/mol. The van der Waals surface area contributed by atoms with E-state index in [1.165, 1.54) is 11.1 Å². The Bertz CT molecular complexity index is 901. The van der Waals surface area contributed by atoms with Crippen LogP contribution >= 0.6 is 24.0 Å². The van der Waals surface area contributed by atoms with E-state index < -0.39 is 0 Å². The lowest BCUT2D eigenvalue weighted by Gasteiger charge is -2.19. The molecule has 1 aliphatic heterocycles. The molecule has 1 saturated heterocycles. The minimum atomic E-state index is 0. The zero-order valence-corrected chi connectivity index (χ0v) is 20.9. The molecule has 0 aromatic heterocycles. The van der Waals surface area contributed by atoms with Crippen molar-refractivity contribution < 1.29 is 9.53 Å². The maximum Gasteiger partial charge on any atom is 0.222 e. The largest absolute Gasteiger partial charge is 0.496 e. The van der Waals surface area contributed by atoms with Gasteiger partial charge in [-0.25, -0.2) is 4.99 Å². The van der Waals surface area contributed by atoms with Gasteiger partial charge in [0.25, 0.3) is 0 Å². The molecule has 0 unspecified atom stereocenters. The fourth-order valence-corrected chi connectivity index (χ4v) is 3.63. The molecule has 1 aliphatic rings. The van der Waals surface area contributed by atoms with E-state index in [0.29, 0.717) is 26.1 Å². The summed E-state index contributed by atoms with van der Waals surface area (Å²) in [6, 6.07) is 14.4. The van der Waals surface area contributed by atoms with Crippen molar-refractivity contribution in [2.75, 3.05) is 20.2 Å². The Kier molecular flexibility index (Phi) is 10.1. The molecule has 0 saturated carbocycles. The third kappa shape index (κ3) is 7.12. The molecule has 7 heteroatoms. The lowest BCUT2D eigenvalue weighted by atomic mass is 10.1. The number of benzene rings is 2. The van der Waals surface area contributed by atoms with Gasteiger partial charge in [0, 0.05) is 38.2 Å². The predicted molar refractivity (Wildman–Crippen MR) is 136 cm³/mol. The molecule has 0 atom stereocenters. The van der Waals surface area contributed by atoms with Crippen LogP contribution in [0.3, 0.4) is 0 Å². The number of likely N-dealkylation sites (tertiary alicyclic amines) is 1. The van der Waals surface area contributed by atoms with Gasteiger partial charge in [0.1, 0.15) is 5.75 Å². The monoisotopic (exact) mass is 536 g/mol. The number of nitrogens with one attached hydrogen (secondary N) is 2. The number of halogens is 1. The number of carbonyl (C=O) groups excluding carboxylic acids is 1. The number of guanidine groups is 1. The Morgan fingerprint density at radius 2 is 1.90 bits per heavy atom. The van der Waals surface area contributed by atoms with Gasteiger partial charge in [0.2, 0.25) is 5.91 Å². The molecule has 1 heterocycles. The number of rotatable bonds is 8. The third-order valence-electron chi connectivity index (χ3n) is 5.29. The van der Waals surface area contributed by atoms with Crippen molar-refractivity contribution in [3.8, 4) is 5.75 Å². The third-order valence-corrected chi connectivity index (χ3v) is 5.29. The average molecular weight is 536 g/mol. The number of hydrogen-bond donors (Lipinski definition) is 2. The Labute approximate surface area is 202 Å². The van der Waals surface area contributed by atoms with E-state index in [1.54, 1.807) is 7.11 Å². The summed E-state index contributed by atoms with van der Waals surface area (Å²) in [5.74, 6) is 1.86. The van der Waals surface area contributed by atoms with Gasteiger partial charge in [0.05, 0.1) is 13.7 Å². The lowest BCUT2D eigenvalue weighted by molar-refractivity contribution is -0.128. The van der Waals surface area contributed by atoms with E-state index in [4.69, 9.17) is 9.73 Å². The van der Waals surface area contributed by atoms with Crippen LogP contribution < -0.4 is 15.4 Å². The summed E-state index contributed by atoms with van der Waals surface area (Å²) in [7, 11) is 1.69. The van der Waals surface area contributed by atoms with Crippen molar-refractivity contribution in [3.05, 3.63) is 64.7 Å². The molecule has 2 aromatic carbocycles. The van der Waals surface area contributed by atoms with Gasteiger partial charge >= 0.3 is 0 Å². The maximum absolute atomic E-state index is 12.0. The van der Waals surface area contributed by atoms with Gasteiger partial charge in [-0.15, -0.1) is 24.0 Å². The first kappa shape index (κ1) is 25.0. The van der Waals surface area contributed by atoms with Gasteiger partial charge in [-0.05, 0) is 43.0 Å². The van der Waals surface area contributed by atoms with Crippen LogP contribution in [0.5, 0.6) is 5.75 Å². The molecule has 0 aliphatic carbocycles. The zero-order chi connectivity index (χ0) is 21.3. The highest BCUT2D eigenvalue weighted by Gasteiger charge is 2.20. The van der Waals surface area contributed by atoms with Gasteiger partial charge in [0.15, 0.2) is 5.96 Å². The van der Waals surface area contributed by atoms with Gasteiger partial charge < -0.3 is 20.3 Å². The number of carbonyl (C=O) groups is 1. The first-order valence-electron chi connectivity index (χ1n) is 10.6. The smallest absolute Gasteiger partial charge is 0.222 e. The number of hydrogen-bond acceptors (Lipinski definition) is 3.